The van der Waals surface area contributed by atoms with Crippen LogP contribution in [0.2, 0.25) is 0 Å². The molecule has 1 atom stereocenters. The Kier molecular flexibility index (Phi) is 5.47. The van der Waals surface area contributed by atoms with Crippen LogP contribution in [0.4, 0.5) is 8.78 Å². The molecule has 2 heterocycles. The van der Waals surface area contributed by atoms with Gasteiger partial charge in [-0.2, -0.15) is 0 Å². The van der Waals surface area contributed by atoms with Crippen LogP contribution in [0.1, 0.15) is 31.4 Å². The molecule has 0 aliphatic carbocycles. The zero-order valence-corrected chi connectivity index (χ0v) is 13.3. The third-order valence-corrected chi connectivity index (χ3v) is 3.96. The van der Waals surface area contributed by atoms with Gasteiger partial charge in [-0.15, -0.1) is 21.2 Å². The van der Waals surface area contributed by atoms with E-state index in [0.717, 1.165) is 44.6 Å². The van der Waals surface area contributed by atoms with E-state index in [9.17, 15) is 8.78 Å². The standard InChI is InChI=1S/C15H20F2N2O2.ClH/c1-2-3-12(19-8-6-18-7-9-19)11-4-5-13-14(10-11)21-15(16,17)20-13;/h4-5,10,12,18H,2-3,6-9H2,1H3;1H/t12-;/m1./s1. The minimum Gasteiger partial charge on any atom is -0.395 e. The Hall–Kier alpha value is -1.11. The molecule has 1 aromatic rings. The van der Waals surface area contributed by atoms with E-state index in [4.69, 9.17) is 0 Å². The van der Waals surface area contributed by atoms with E-state index in [-0.39, 0.29) is 29.9 Å². The summed E-state index contributed by atoms with van der Waals surface area (Å²) in [6.07, 6.45) is -1.51. The van der Waals surface area contributed by atoms with Crippen molar-refractivity contribution >= 4 is 12.4 Å². The number of nitrogens with one attached hydrogen (secondary N) is 1. The molecule has 3 rings (SSSR count). The van der Waals surface area contributed by atoms with Gasteiger partial charge in [0.1, 0.15) is 0 Å². The minimum atomic E-state index is -3.55. The lowest BCUT2D eigenvalue weighted by molar-refractivity contribution is -0.286. The van der Waals surface area contributed by atoms with E-state index in [2.05, 4.69) is 26.6 Å². The normalized spacial score (nSPS) is 21.2. The lowest BCUT2D eigenvalue weighted by Crippen LogP contribution is -2.45. The molecule has 0 saturated carbocycles. The maximum Gasteiger partial charge on any atom is 0.586 e. The van der Waals surface area contributed by atoms with E-state index >= 15 is 0 Å². The molecule has 2 aliphatic heterocycles. The Morgan fingerprint density at radius 3 is 2.59 bits per heavy atom. The Labute approximate surface area is 135 Å². The number of piperazine rings is 1. The molecule has 124 valence electrons. The molecule has 1 aromatic carbocycles. The highest BCUT2D eigenvalue weighted by molar-refractivity contribution is 5.85. The SMILES string of the molecule is CCC[C@H](c1ccc2c(c1)OC(F)(F)O2)N1CCNCC1.Cl. The highest BCUT2D eigenvalue weighted by atomic mass is 35.5. The molecule has 0 radical (unpaired) electrons. The molecule has 0 spiro atoms. The molecular weight excluding hydrogens is 314 g/mol. The van der Waals surface area contributed by atoms with E-state index in [1.54, 1.807) is 12.1 Å². The lowest BCUT2D eigenvalue weighted by Gasteiger charge is -2.35. The first-order valence-electron chi connectivity index (χ1n) is 7.43. The summed E-state index contributed by atoms with van der Waals surface area (Å²) in [5, 5.41) is 3.33. The van der Waals surface area contributed by atoms with Crippen molar-refractivity contribution in [2.45, 2.75) is 32.1 Å². The molecule has 1 fully saturated rings. The number of hydrogen-bond acceptors (Lipinski definition) is 4. The monoisotopic (exact) mass is 334 g/mol. The summed E-state index contributed by atoms with van der Waals surface area (Å²) in [6.45, 7) is 5.99. The van der Waals surface area contributed by atoms with Crippen molar-refractivity contribution in [2.75, 3.05) is 26.2 Å². The van der Waals surface area contributed by atoms with Crippen molar-refractivity contribution in [3.8, 4) is 11.5 Å². The van der Waals surface area contributed by atoms with Gasteiger partial charge < -0.3 is 14.8 Å². The van der Waals surface area contributed by atoms with E-state index in [1.807, 2.05) is 6.07 Å². The lowest BCUT2D eigenvalue weighted by atomic mass is 9.99. The van der Waals surface area contributed by atoms with Gasteiger partial charge in [0.05, 0.1) is 0 Å². The van der Waals surface area contributed by atoms with Crippen molar-refractivity contribution in [1.29, 1.82) is 0 Å². The van der Waals surface area contributed by atoms with Crippen LogP contribution < -0.4 is 14.8 Å². The number of nitrogens with zero attached hydrogens (tertiary/aromatic N) is 1. The number of hydrogen-bond donors (Lipinski definition) is 1. The minimum absolute atomic E-state index is 0. The first-order valence-corrected chi connectivity index (χ1v) is 7.43. The molecular formula is C15H21ClF2N2O2. The number of alkyl halides is 2. The third-order valence-electron chi connectivity index (χ3n) is 3.96. The molecule has 1 saturated heterocycles. The fourth-order valence-electron chi connectivity index (χ4n) is 3.00. The van der Waals surface area contributed by atoms with Crippen LogP contribution in [0, 0.1) is 0 Å². The first-order chi connectivity index (χ1) is 10.1. The van der Waals surface area contributed by atoms with Crippen LogP contribution in [0.3, 0.4) is 0 Å². The molecule has 0 amide bonds. The summed E-state index contributed by atoms with van der Waals surface area (Å²) < 4.78 is 35.2. The zero-order chi connectivity index (χ0) is 14.9. The maximum absolute atomic E-state index is 13.1. The van der Waals surface area contributed by atoms with Gasteiger partial charge in [0.2, 0.25) is 0 Å². The van der Waals surface area contributed by atoms with Gasteiger partial charge in [-0.05, 0) is 24.1 Å². The Bertz CT molecular complexity index is 510. The molecule has 4 nitrogen and oxygen atoms in total. The smallest absolute Gasteiger partial charge is 0.395 e. The first kappa shape index (κ1) is 17.2. The summed E-state index contributed by atoms with van der Waals surface area (Å²) in [5.74, 6) is 0.244. The Morgan fingerprint density at radius 1 is 1.23 bits per heavy atom. The van der Waals surface area contributed by atoms with Crippen molar-refractivity contribution in [1.82, 2.24) is 10.2 Å². The average Bonchev–Trinajstić information content (AvgIpc) is 2.78. The van der Waals surface area contributed by atoms with Gasteiger partial charge >= 0.3 is 6.29 Å². The van der Waals surface area contributed by atoms with Gasteiger partial charge in [-0.3, -0.25) is 4.90 Å². The van der Waals surface area contributed by atoms with Crippen LogP contribution in [0.5, 0.6) is 11.5 Å². The van der Waals surface area contributed by atoms with Crippen molar-refractivity contribution < 1.29 is 18.3 Å². The second kappa shape index (κ2) is 6.98. The third kappa shape index (κ3) is 3.62. The predicted molar refractivity (Wildman–Crippen MR) is 82.0 cm³/mol. The van der Waals surface area contributed by atoms with Crippen LogP contribution in [0.25, 0.3) is 0 Å². The summed E-state index contributed by atoms with van der Waals surface area (Å²) >= 11 is 0. The molecule has 7 heteroatoms. The van der Waals surface area contributed by atoms with Gasteiger partial charge in [0.25, 0.3) is 0 Å². The number of ether oxygens (including phenoxy) is 2. The van der Waals surface area contributed by atoms with Crippen LogP contribution in [-0.2, 0) is 0 Å². The summed E-state index contributed by atoms with van der Waals surface area (Å²) in [7, 11) is 0. The average molecular weight is 335 g/mol. The summed E-state index contributed by atoms with van der Waals surface area (Å²) in [4.78, 5) is 2.40. The van der Waals surface area contributed by atoms with Gasteiger partial charge in [0, 0.05) is 32.2 Å². The van der Waals surface area contributed by atoms with Crippen molar-refractivity contribution in [3.63, 3.8) is 0 Å². The van der Waals surface area contributed by atoms with E-state index < -0.39 is 6.29 Å². The topological polar surface area (TPSA) is 33.7 Å². The maximum atomic E-state index is 13.1. The Morgan fingerprint density at radius 2 is 1.91 bits per heavy atom. The number of benzene rings is 1. The van der Waals surface area contributed by atoms with Gasteiger partial charge in [-0.1, -0.05) is 19.4 Å². The largest absolute Gasteiger partial charge is 0.586 e. The van der Waals surface area contributed by atoms with Crippen molar-refractivity contribution in [2.24, 2.45) is 0 Å². The highest BCUT2D eigenvalue weighted by Gasteiger charge is 2.43. The second-order valence-electron chi connectivity index (χ2n) is 5.46. The van der Waals surface area contributed by atoms with Crippen LogP contribution in [0.15, 0.2) is 18.2 Å². The summed E-state index contributed by atoms with van der Waals surface area (Å²) in [6, 6.07) is 5.38. The summed E-state index contributed by atoms with van der Waals surface area (Å²) in [5.41, 5.74) is 1.01. The predicted octanol–water partition coefficient (Wildman–Crippen LogP) is 3.18. The molecule has 22 heavy (non-hydrogen) atoms. The highest BCUT2D eigenvalue weighted by Crippen LogP contribution is 2.43. The molecule has 1 N–H and O–H groups in total. The second-order valence-corrected chi connectivity index (χ2v) is 5.46. The van der Waals surface area contributed by atoms with Crippen LogP contribution >= 0.6 is 12.4 Å². The van der Waals surface area contributed by atoms with Gasteiger partial charge in [-0.25, -0.2) is 0 Å². The fourth-order valence-corrected chi connectivity index (χ4v) is 3.00. The Balaban J connectivity index is 0.00000176. The molecule has 0 aromatic heterocycles. The van der Waals surface area contributed by atoms with Gasteiger partial charge in [0.15, 0.2) is 11.5 Å². The molecule has 2 aliphatic rings. The molecule has 0 bridgehead atoms. The number of fused-ring (bicyclic) bond motifs is 1. The number of rotatable bonds is 4. The quantitative estimate of drug-likeness (QED) is 0.917. The fraction of sp³-hybridized carbons (Fsp3) is 0.600. The van der Waals surface area contributed by atoms with E-state index in [1.165, 1.54) is 0 Å². The van der Waals surface area contributed by atoms with E-state index in [0.29, 0.717) is 0 Å². The van der Waals surface area contributed by atoms with Crippen LogP contribution in [-0.4, -0.2) is 37.4 Å². The zero-order valence-electron chi connectivity index (χ0n) is 12.5. The van der Waals surface area contributed by atoms with Crippen molar-refractivity contribution in [3.05, 3.63) is 23.8 Å². The number of halogens is 3. The molecule has 0 unspecified atom stereocenters.